The summed E-state index contributed by atoms with van der Waals surface area (Å²) >= 11 is 0. The third-order valence-corrected chi connectivity index (χ3v) is 2.53. The Hall–Kier alpha value is -1.43. The monoisotopic (exact) mass is 192 g/mol. The van der Waals surface area contributed by atoms with Gasteiger partial charge < -0.3 is 10.6 Å². The van der Waals surface area contributed by atoms with Gasteiger partial charge in [-0.2, -0.15) is 0 Å². The maximum atomic E-state index is 11.1. The van der Waals surface area contributed by atoms with Gasteiger partial charge >= 0.3 is 0 Å². The number of hydrogen-bond donors (Lipinski definition) is 2. The smallest absolute Gasteiger partial charge is 0.296 e. The average molecular weight is 192 g/mol. The van der Waals surface area contributed by atoms with Crippen LogP contribution in [0.25, 0.3) is 0 Å². The highest BCUT2D eigenvalue weighted by atomic mass is 16.1. The van der Waals surface area contributed by atoms with E-state index >= 15 is 0 Å². The third-order valence-electron chi connectivity index (χ3n) is 2.53. The van der Waals surface area contributed by atoms with Crippen molar-refractivity contribution in [1.29, 1.82) is 0 Å². The Morgan fingerprint density at radius 2 is 2.14 bits per heavy atom. The molecule has 1 rings (SSSR count). The van der Waals surface area contributed by atoms with Gasteiger partial charge in [-0.3, -0.25) is 4.79 Å². The maximum Gasteiger partial charge on any atom is 0.296 e. The molecule has 0 aliphatic heterocycles. The molecule has 1 amide bonds. The predicted octanol–water partition coefficient (Wildman–Crippen LogP) is 0.638. The zero-order valence-corrected chi connectivity index (χ0v) is 8.68. The van der Waals surface area contributed by atoms with Crippen LogP contribution in [0.4, 0.5) is 0 Å². The van der Waals surface area contributed by atoms with E-state index in [9.17, 15) is 4.79 Å². The van der Waals surface area contributed by atoms with E-state index in [0.29, 0.717) is 5.92 Å². The molecular formula is C11H16N2O. The second-order valence-electron chi connectivity index (χ2n) is 3.49. The molecule has 0 saturated heterocycles. The van der Waals surface area contributed by atoms with Crippen LogP contribution in [0.15, 0.2) is 12.3 Å². The molecule has 1 saturated carbocycles. The minimum Gasteiger partial charge on any atom is -0.392 e. The van der Waals surface area contributed by atoms with Crippen LogP contribution in [0.5, 0.6) is 0 Å². The summed E-state index contributed by atoms with van der Waals surface area (Å²) in [5.74, 6) is 5.36. The summed E-state index contributed by atoms with van der Waals surface area (Å²) in [6, 6.07) is 0.276. The van der Waals surface area contributed by atoms with Crippen molar-refractivity contribution < 1.29 is 4.79 Å². The number of rotatable bonds is 3. The van der Waals surface area contributed by atoms with E-state index in [4.69, 9.17) is 0 Å². The SMILES string of the molecule is C=C(NC)C1CC(NC(=O)C#CC)C1. The van der Waals surface area contributed by atoms with Gasteiger partial charge in [0.25, 0.3) is 5.91 Å². The summed E-state index contributed by atoms with van der Waals surface area (Å²) in [5.41, 5.74) is 1.05. The quantitative estimate of drug-likeness (QED) is 0.644. The van der Waals surface area contributed by atoms with Crippen LogP contribution < -0.4 is 10.6 Å². The first-order valence-corrected chi connectivity index (χ1v) is 4.77. The molecule has 0 heterocycles. The molecule has 0 aromatic carbocycles. The summed E-state index contributed by atoms with van der Waals surface area (Å²) in [4.78, 5) is 11.1. The lowest BCUT2D eigenvalue weighted by Gasteiger charge is -2.36. The predicted molar refractivity (Wildman–Crippen MR) is 56.3 cm³/mol. The van der Waals surface area contributed by atoms with E-state index < -0.39 is 0 Å². The molecule has 14 heavy (non-hydrogen) atoms. The molecule has 0 radical (unpaired) electrons. The zero-order valence-electron chi connectivity index (χ0n) is 8.68. The van der Waals surface area contributed by atoms with Crippen LogP contribution >= 0.6 is 0 Å². The Kier molecular flexibility index (Phi) is 3.58. The second-order valence-corrected chi connectivity index (χ2v) is 3.49. The van der Waals surface area contributed by atoms with E-state index in [1.807, 2.05) is 7.05 Å². The summed E-state index contributed by atoms with van der Waals surface area (Å²) in [7, 11) is 1.87. The van der Waals surface area contributed by atoms with Crippen molar-refractivity contribution in [1.82, 2.24) is 10.6 Å². The van der Waals surface area contributed by atoms with Crippen LogP contribution in [0.2, 0.25) is 0 Å². The highest BCUT2D eigenvalue weighted by Crippen LogP contribution is 2.31. The third kappa shape index (κ3) is 2.53. The highest BCUT2D eigenvalue weighted by Gasteiger charge is 2.31. The van der Waals surface area contributed by atoms with Crippen LogP contribution in [0.3, 0.4) is 0 Å². The van der Waals surface area contributed by atoms with Crippen molar-refractivity contribution in [2.75, 3.05) is 7.05 Å². The van der Waals surface area contributed by atoms with Crippen molar-refractivity contribution in [3.05, 3.63) is 12.3 Å². The Morgan fingerprint density at radius 1 is 1.50 bits per heavy atom. The number of amides is 1. The minimum absolute atomic E-state index is 0.175. The molecule has 1 aliphatic carbocycles. The zero-order chi connectivity index (χ0) is 10.6. The molecule has 3 nitrogen and oxygen atoms in total. The molecule has 1 aliphatic rings. The molecule has 0 atom stereocenters. The van der Waals surface area contributed by atoms with Gasteiger partial charge in [-0.15, -0.1) is 0 Å². The molecule has 3 heteroatoms. The van der Waals surface area contributed by atoms with Gasteiger partial charge in [-0.05, 0) is 25.7 Å². The second kappa shape index (κ2) is 4.71. The molecule has 0 bridgehead atoms. The summed E-state index contributed by atoms with van der Waals surface area (Å²) < 4.78 is 0. The van der Waals surface area contributed by atoms with Crippen molar-refractivity contribution >= 4 is 5.91 Å². The largest absolute Gasteiger partial charge is 0.392 e. The number of carbonyl (C=O) groups excluding carboxylic acids is 1. The van der Waals surface area contributed by atoms with Crippen molar-refractivity contribution in [3.63, 3.8) is 0 Å². The van der Waals surface area contributed by atoms with Gasteiger partial charge in [0.15, 0.2) is 0 Å². The van der Waals surface area contributed by atoms with Crippen molar-refractivity contribution in [3.8, 4) is 11.8 Å². The Balaban J connectivity index is 2.24. The lowest BCUT2D eigenvalue weighted by atomic mass is 9.78. The fourth-order valence-electron chi connectivity index (χ4n) is 1.56. The van der Waals surface area contributed by atoms with Gasteiger partial charge in [-0.1, -0.05) is 12.5 Å². The first kappa shape index (κ1) is 10.6. The van der Waals surface area contributed by atoms with Crippen LogP contribution in [0.1, 0.15) is 19.8 Å². The molecule has 0 aromatic rings. The first-order valence-electron chi connectivity index (χ1n) is 4.77. The number of nitrogens with one attached hydrogen (secondary N) is 2. The summed E-state index contributed by atoms with van der Waals surface area (Å²) in [6.07, 6.45) is 1.94. The normalized spacial score (nSPS) is 23.9. The molecular weight excluding hydrogens is 176 g/mol. The number of carbonyl (C=O) groups is 1. The standard InChI is InChI=1S/C11H16N2O/c1-4-5-11(14)13-10-6-9(7-10)8(2)12-3/h9-10,12H,2,6-7H2,1,3H3,(H,13,14). The summed E-state index contributed by atoms with van der Waals surface area (Å²) in [6.45, 7) is 5.55. The molecule has 2 N–H and O–H groups in total. The van der Waals surface area contributed by atoms with Crippen LogP contribution in [-0.4, -0.2) is 19.0 Å². The van der Waals surface area contributed by atoms with E-state index in [-0.39, 0.29) is 11.9 Å². The molecule has 0 unspecified atom stereocenters. The van der Waals surface area contributed by atoms with Crippen molar-refractivity contribution in [2.24, 2.45) is 5.92 Å². The molecule has 0 spiro atoms. The highest BCUT2D eigenvalue weighted by molar-refractivity contribution is 5.93. The fourth-order valence-corrected chi connectivity index (χ4v) is 1.56. The Labute approximate surface area is 85.0 Å². The van der Waals surface area contributed by atoms with Crippen LogP contribution in [0, 0.1) is 17.8 Å². The molecule has 1 fully saturated rings. The maximum absolute atomic E-state index is 11.1. The number of allylic oxidation sites excluding steroid dienone is 1. The minimum atomic E-state index is -0.175. The fraction of sp³-hybridized carbons (Fsp3) is 0.545. The van der Waals surface area contributed by atoms with E-state index in [1.54, 1.807) is 6.92 Å². The van der Waals surface area contributed by atoms with Crippen LogP contribution in [-0.2, 0) is 4.79 Å². The molecule has 0 aromatic heterocycles. The Bertz CT molecular complexity index is 292. The van der Waals surface area contributed by atoms with Gasteiger partial charge in [0.1, 0.15) is 0 Å². The molecule has 76 valence electrons. The average Bonchev–Trinajstić information content (AvgIpc) is 2.10. The lowest BCUT2D eigenvalue weighted by Crippen LogP contribution is -2.45. The van der Waals surface area contributed by atoms with Gasteiger partial charge in [0.05, 0.1) is 0 Å². The van der Waals surface area contributed by atoms with Gasteiger partial charge in [0.2, 0.25) is 0 Å². The van der Waals surface area contributed by atoms with E-state index in [2.05, 4.69) is 29.1 Å². The summed E-state index contributed by atoms with van der Waals surface area (Å²) in [5, 5.41) is 5.88. The van der Waals surface area contributed by atoms with Gasteiger partial charge in [-0.25, -0.2) is 0 Å². The van der Waals surface area contributed by atoms with Gasteiger partial charge in [0, 0.05) is 24.7 Å². The Morgan fingerprint density at radius 3 is 2.64 bits per heavy atom. The lowest BCUT2D eigenvalue weighted by molar-refractivity contribution is -0.117. The van der Waals surface area contributed by atoms with E-state index in [1.165, 1.54) is 0 Å². The van der Waals surface area contributed by atoms with Crippen molar-refractivity contribution in [2.45, 2.75) is 25.8 Å². The van der Waals surface area contributed by atoms with E-state index in [0.717, 1.165) is 18.5 Å². The number of hydrogen-bond acceptors (Lipinski definition) is 2. The first-order chi connectivity index (χ1) is 6.67. The topological polar surface area (TPSA) is 41.1 Å².